The second kappa shape index (κ2) is 7.02. The summed E-state index contributed by atoms with van der Waals surface area (Å²) in [6.45, 7) is 2.12. The van der Waals surface area contributed by atoms with E-state index in [-0.39, 0.29) is 18.2 Å². The smallest absolute Gasteiger partial charge is 0.263 e. The van der Waals surface area contributed by atoms with Crippen LogP contribution in [0.3, 0.4) is 0 Å². The largest absolute Gasteiger partial charge is 0.504 e. The van der Waals surface area contributed by atoms with Gasteiger partial charge < -0.3 is 15.6 Å². The van der Waals surface area contributed by atoms with Gasteiger partial charge in [-0.15, -0.1) is 5.10 Å². The van der Waals surface area contributed by atoms with Crippen LogP contribution < -0.4 is 15.9 Å². The zero-order valence-corrected chi connectivity index (χ0v) is 11.8. The first kappa shape index (κ1) is 15.2. The minimum absolute atomic E-state index is 0.000540. The predicted molar refractivity (Wildman–Crippen MR) is 77.2 cm³/mol. The normalized spacial score (nSPS) is 10.8. The van der Waals surface area contributed by atoms with Crippen LogP contribution in [-0.4, -0.2) is 44.0 Å². The standard InChI is InChI=1S/C12H15N7O3/c1-2-22-10-4-3-8(5-9(10)20)6-14-15-11(21)7-19-17-12(13)16-18-19/h3-6,20H,2,7H2,1H3,(H2,13,17)(H,15,21)/b14-6+. The third kappa shape index (κ3) is 4.16. The number of carbonyl (C=O) groups is 1. The van der Waals surface area contributed by atoms with Gasteiger partial charge in [-0.25, -0.2) is 5.43 Å². The lowest BCUT2D eigenvalue weighted by atomic mass is 10.2. The van der Waals surface area contributed by atoms with Gasteiger partial charge in [-0.1, -0.05) is 5.10 Å². The number of nitrogens with two attached hydrogens (primary N) is 1. The van der Waals surface area contributed by atoms with Gasteiger partial charge in [0.1, 0.15) is 6.54 Å². The quantitative estimate of drug-likeness (QED) is 0.483. The van der Waals surface area contributed by atoms with Crippen LogP contribution in [0.25, 0.3) is 0 Å². The maximum absolute atomic E-state index is 11.6. The number of amides is 1. The summed E-state index contributed by atoms with van der Waals surface area (Å²) in [7, 11) is 0. The van der Waals surface area contributed by atoms with Crippen molar-refractivity contribution < 1.29 is 14.6 Å². The highest BCUT2D eigenvalue weighted by molar-refractivity contribution is 5.83. The van der Waals surface area contributed by atoms with E-state index in [1.807, 2.05) is 6.92 Å². The van der Waals surface area contributed by atoms with Crippen LogP contribution in [0, 0.1) is 0 Å². The Morgan fingerprint density at radius 1 is 1.59 bits per heavy atom. The summed E-state index contributed by atoms with van der Waals surface area (Å²) >= 11 is 0. The number of aromatic hydroxyl groups is 1. The fraction of sp³-hybridized carbons (Fsp3) is 0.250. The monoisotopic (exact) mass is 305 g/mol. The lowest BCUT2D eigenvalue weighted by molar-refractivity contribution is -0.122. The molecule has 0 atom stereocenters. The summed E-state index contributed by atoms with van der Waals surface area (Å²) in [6.07, 6.45) is 1.39. The van der Waals surface area contributed by atoms with Gasteiger partial charge >= 0.3 is 0 Å². The summed E-state index contributed by atoms with van der Waals surface area (Å²) in [5.41, 5.74) is 8.18. The average Bonchev–Trinajstić information content (AvgIpc) is 2.87. The summed E-state index contributed by atoms with van der Waals surface area (Å²) in [5, 5.41) is 24.1. The molecule has 0 saturated carbocycles. The molecule has 0 aliphatic heterocycles. The van der Waals surface area contributed by atoms with E-state index >= 15 is 0 Å². The molecule has 2 aromatic rings. The number of anilines is 1. The van der Waals surface area contributed by atoms with Gasteiger partial charge in [0.25, 0.3) is 11.9 Å². The van der Waals surface area contributed by atoms with Crippen molar-refractivity contribution in [3.63, 3.8) is 0 Å². The molecule has 0 aliphatic carbocycles. The molecule has 1 amide bonds. The molecule has 0 fully saturated rings. The molecule has 1 heterocycles. The third-order valence-corrected chi connectivity index (χ3v) is 2.44. The van der Waals surface area contributed by atoms with E-state index in [2.05, 4.69) is 25.9 Å². The molecule has 2 rings (SSSR count). The van der Waals surface area contributed by atoms with Crippen molar-refractivity contribution >= 4 is 18.1 Å². The van der Waals surface area contributed by atoms with Crippen molar-refractivity contribution in [2.24, 2.45) is 5.10 Å². The van der Waals surface area contributed by atoms with Crippen LogP contribution in [-0.2, 0) is 11.3 Å². The molecule has 1 aromatic carbocycles. The van der Waals surface area contributed by atoms with Gasteiger partial charge in [0, 0.05) is 0 Å². The Morgan fingerprint density at radius 2 is 2.41 bits per heavy atom. The fourth-order valence-corrected chi connectivity index (χ4v) is 1.56. The number of hydrogen-bond acceptors (Lipinski definition) is 8. The van der Waals surface area contributed by atoms with E-state index in [9.17, 15) is 9.90 Å². The molecule has 0 aliphatic rings. The Bertz CT molecular complexity index is 683. The van der Waals surface area contributed by atoms with Crippen LogP contribution >= 0.6 is 0 Å². The molecular formula is C12H15N7O3. The highest BCUT2D eigenvalue weighted by atomic mass is 16.5. The fourth-order valence-electron chi connectivity index (χ4n) is 1.56. The first-order valence-electron chi connectivity index (χ1n) is 6.39. The topological polar surface area (TPSA) is 141 Å². The highest BCUT2D eigenvalue weighted by Gasteiger charge is 2.05. The minimum Gasteiger partial charge on any atom is -0.504 e. The Labute approximate surface area is 125 Å². The predicted octanol–water partition coefficient (Wildman–Crippen LogP) is -0.490. The zero-order chi connectivity index (χ0) is 15.9. The number of nitrogen functional groups attached to an aromatic ring is 1. The third-order valence-electron chi connectivity index (χ3n) is 2.44. The van der Waals surface area contributed by atoms with Gasteiger partial charge in [-0.05, 0) is 35.9 Å². The van der Waals surface area contributed by atoms with Crippen molar-refractivity contribution in [3.05, 3.63) is 23.8 Å². The van der Waals surface area contributed by atoms with E-state index in [4.69, 9.17) is 10.5 Å². The second-order valence-electron chi connectivity index (χ2n) is 4.13. The van der Waals surface area contributed by atoms with Crippen LogP contribution in [0.2, 0.25) is 0 Å². The van der Waals surface area contributed by atoms with E-state index in [1.54, 1.807) is 12.1 Å². The Kier molecular flexibility index (Phi) is 4.85. The molecular weight excluding hydrogens is 290 g/mol. The van der Waals surface area contributed by atoms with Crippen molar-refractivity contribution in [3.8, 4) is 11.5 Å². The molecule has 22 heavy (non-hydrogen) atoms. The van der Waals surface area contributed by atoms with Gasteiger partial charge in [0.05, 0.1) is 12.8 Å². The average molecular weight is 305 g/mol. The molecule has 0 saturated heterocycles. The number of rotatable bonds is 6. The number of nitrogens with one attached hydrogen (secondary N) is 1. The molecule has 1 aromatic heterocycles. The molecule has 0 unspecified atom stereocenters. The van der Waals surface area contributed by atoms with Gasteiger partial charge in [-0.3, -0.25) is 4.79 Å². The van der Waals surface area contributed by atoms with Crippen LogP contribution in [0.4, 0.5) is 5.95 Å². The van der Waals surface area contributed by atoms with Gasteiger partial charge in [-0.2, -0.15) is 9.90 Å². The summed E-state index contributed by atoms with van der Waals surface area (Å²) in [4.78, 5) is 12.6. The number of hydrogen-bond donors (Lipinski definition) is 3. The van der Waals surface area contributed by atoms with Crippen LogP contribution in [0.1, 0.15) is 12.5 Å². The van der Waals surface area contributed by atoms with Crippen molar-refractivity contribution in [2.75, 3.05) is 12.3 Å². The lowest BCUT2D eigenvalue weighted by Gasteiger charge is -2.05. The highest BCUT2D eigenvalue weighted by Crippen LogP contribution is 2.25. The molecule has 0 radical (unpaired) electrons. The number of benzene rings is 1. The molecule has 116 valence electrons. The SMILES string of the molecule is CCOc1ccc(/C=N/NC(=O)Cn2nnc(N)n2)cc1O. The van der Waals surface area contributed by atoms with Crippen LogP contribution in [0.15, 0.2) is 23.3 Å². The molecule has 10 nitrogen and oxygen atoms in total. The lowest BCUT2D eigenvalue weighted by Crippen LogP contribution is -2.24. The number of nitrogens with zero attached hydrogens (tertiary/aromatic N) is 5. The number of hydrazone groups is 1. The number of ether oxygens (including phenoxy) is 1. The van der Waals surface area contributed by atoms with E-state index in [1.165, 1.54) is 12.3 Å². The summed E-state index contributed by atoms with van der Waals surface area (Å²) < 4.78 is 5.21. The van der Waals surface area contributed by atoms with Crippen molar-refractivity contribution in [1.29, 1.82) is 0 Å². The van der Waals surface area contributed by atoms with E-state index in [0.717, 1.165) is 4.80 Å². The number of phenols is 1. The summed E-state index contributed by atoms with van der Waals surface area (Å²) in [5.74, 6) is -0.0667. The maximum Gasteiger partial charge on any atom is 0.263 e. The molecule has 0 spiro atoms. The summed E-state index contributed by atoms with van der Waals surface area (Å²) in [6, 6.07) is 4.78. The minimum atomic E-state index is -0.441. The van der Waals surface area contributed by atoms with Gasteiger partial charge in [0.15, 0.2) is 11.5 Å². The van der Waals surface area contributed by atoms with Crippen LogP contribution in [0.5, 0.6) is 11.5 Å². The number of phenolic OH excluding ortho intramolecular Hbond substituents is 1. The molecule has 10 heteroatoms. The molecule has 4 N–H and O–H groups in total. The first-order chi connectivity index (χ1) is 10.6. The maximum atomic E-state index is 11.6. The Hall–Kier alpha value is -3.17. The van der Waals surface area contributed by atoms with Gasteiger partial charge in [0.2, 0.25) is 0 Å². The zero-order valence-electron chi connectivity index (χ0n) is 11.8. The van der Waals surface area contributed by atoms with Crippen molar-refractivity contribution in [1.82, 2.24) is 25.6 Å². The Morgan fingerprint density at radius 3 is 3.05 bits per heavy atom. The number of aromatic nitrogens is 4. The second-order valence-corrected chi connectivity index (χ2v) is 4.13. The van der Waals surface area contributed by atoms with Crippen molar-refractivity contribution in [2.45, 2.75) is 13.5 Å². The number of tetrazole rings is 1. The first-order valence-corrected chi connectivity index (χ1v) is 6.39. The number of carbonyl (C=O) groups excluding carboxylic acids is 1. The van der Waals surface area contributed by atoms with E-state index in [0.29, 0.717) is 17.9 Å². The molecule has 0 bridgehead atoms. The van der Waals surface area contributed by atoms with E-state index < -0.39 is 5.91 Å². The Balaban J connectivity index is 1.89.